The summed E-state index contributed by atoms with van der Waals surface area (Å²) in [5, 5.41) is 2.71. The lowest BCUT2D eigenvalue weighted by atomic mass is 10.0. The monoisotopic (exact) mass is 387 g/mol. The molecule has 0 bridgehead atoms. The first kappa shape index (κ1) is 20.0. The van der Waals surface area contributed by atoms with Gasteiger partial charge in [0.2, 0.25) is 5.91 Å². The minimum Gasteiger partial charge on any atom is -0.485 e. The third kappa shape index (κ3) is 5.62. The Morgan fingerprint density at radius 1 is 0.759 bits per heavy atom. The smallest absolute Gasteiger partial charge is 0.217 e. The molecule has 0 aliphatic heterocycles. The van der Waals surface area contributed by atoms with E-state index in [1.165, 1.54) is 6.92 Å². The number of ketones is 2. The number of Topliss-reactive ketones (excluding diaryl/α,β-unsaturated/α-hetero) is 1. The molecule has 0 spiro atoms. The van der Waals surface area contributed by atoms with Gasteiger partial charge in [0.25, 0.3) is 0 Å². The number of amides is 1. The van der Waals surface area contributed by atoms with Gasteiger partial charge in [-0.2, -0.15) is 0 Å². The van der Waals surface area contributed by atoms with E-state index in [0.717, 1.165) is 5.56 Å². The summed E-state index contributed by atoms with van der Waals surface area (Å²) in [5.74, 6) is 0.202. The summed E-state index contributed by atoms with van der Waals surface area (Å²) < 4.78 is 5.55. The van der Waals surface area contributed by atoms with Gasteiger partial charge in [-0.1, -0.05) is 54.6 Å². The summed E-state index contributed by atoms with van der Waals surface area (Å²) in [6, 6.07) is 22.8. The quantitative estimate of drug-likeness (QED) is 0.597. The molecule has 5 nitrogen and oxygen atoms in total. The molecule has 1 N–H and O–H groups in total. The molecule has 1 amide bonds. The number of hydrogen-bond acceptors (Lipinski definition) is 4. The third-order valence-electron chi connectivity index (χ3n) is 4.34. The minimum atomic E-state index is -0.152. The summed E-state index contributed by atoms with van der Waals surface area (Å²) in [7, 11) is 0. The van der Waals surface area contributed by atoms with Crippen molar-refractivity contribution < 1.29 is 19.1 Å². The van der Waals surface area contributed by atoms with Crippen LogP contribution in [0.25, 0.3) is 0 Å². The standard InChI is InChI=1S/C24H21NO4/c1-17(26)25-15-18-7-9-19(10-8-18)23(27)16-29-22-13-11-21(12-14-22)24(28)20-5-3-2-4-6-20/h2-14H,15-16H2,1H3,(H,25,26). The van der Waals surface area contributed by atoms with E-state index in [1.54, 1.807) is 60.7 Å². The lowest BCUT2D eigenvalue weighted by molar-refractivity contribution is -0.119. The summed E-state index contributed by atoms with van der Waals surface area (Å²) in [6.45, 7) is 1.78. The van der Waals surface area contributed by atoms with Crippen molar-refractivity contribution in [2.24, 2.45) is 0 Å². The highest BCUT2D eigenvalue weighted by Gasteiger charge is 2.10. The highest BCUT2D eigenvalue weighted by atomic mass is 16.5. The van der Waals surface area contributed by atoms with Crippen molar-refractivity contribution in [3.05, 3.63) is 101 Å². The first-order valence-electron chi connectivity index (χ1n) is 9.22. The second-order valence-electron chi connectivity index (χ2n) is 6.54. The van der Waals surface area contributed by atoms with Gasteiger partial charge in [-0.15, -0.1) is 0 Å². The normalized spacial score (nSPS) is 10.2. The molecule has 0 aliphatic carbocycles. The Bertz CT molecular complexity index is 993. The van der Waals surface area contributed by atoms with Gasteiger partial charge in [-0.25, -0.2) is 0 Å². The van der Waals surface area contributed by atoms with E-state index >= 15 is 0 Å². The van der Waals surface area contributed by atoms with Gasteiger partial charge in [-0.05, 0) is 29.8 Å². The number of hydrogen-bond donors (Lipinski definition) is 1. The molecule has 0 aliphatic rings. The van der Waals surface area contributed by atoms with Crippen LogP contribution in [0.4, 0.5) is 0 Å². The van der Waals surface area contributed by atoms with Gasteiger partial charge in [0.15, 0.2) is 18.2 Å². The van der Waals surface area contributed by atoms with Crippen LogP contribution in [-0.4, -0.2) is 24.1 Å². The summed E-state index contributed by atoms with van der Waals surface area (Å²) in [5.41, 5.74) is 2.63. The lowest BCUT2D eigenvalue weighted by Gasteiger charge is -2.08. The number of benzene rings is 3. The molecule has 0 heterocycles. The molecule has 146 valence electrons. The zero-order valence-electron chi connectivity index (χ0n) is 16.1. The maximum Gasteiger partial charge on any atom is 0.217 e. The van der Waals surface area contributed by atoms with Crippen LogP contribution in [0.15, 0.2) is 78.9 Å². The second kappa shape index (κ2) is 9.46. The maximum absolute atomic E-state index is 12.4. The van der Waals surface area contributed by atoms with Crippen molar-refractivity contribution in [1.29, 1.82) is 0 Å². The van der Waals surface area contributed by atoms with Crippen LogP contribution in [0, 0.1) is 0 Å². The highest BCUT2D eigenvalue weighted by molar-refractivity contribution is 6.09. The van der Waals surface area contributed by atoms with Crippen molar-refractivity contribution in [2.75, 3.05) is 6.61 Å². The van der Waals surface area contributed by atoms with Gasteiger partial charge in [0.05, 0.1) is 0 Å². The second-order valence-corrected chi connectivity index (χ2v) is 6.54. The van der Waals surface area contributed by atoms with Crippen molar-refractivity contribution in [3.63, 3.8) is 0 Å². The van der Waals surface area contributed by atoms with Crippen molar-refractivity contribution in [2.45, 2.75) is 13.5 Å². The predicted octanol–water partition coefficient (Wildman–Crippen LogP) is 3.82. The molecule has 0 saturated heterocycles. The fourth-order valence-electron chi connectivity index (χ4n) is 2.73. The Kier molecular flexibility index (Phi) is 6.53. The maximum atomic E-state index is 12.4. The summed E-state index contributed by atoms with van der Waals surface area (Å²) in [6.07, 6.45) is 0. The van der Waals surface area contributed by atoms with Gasteiger partial charge >= 0.3 is 0 Å². The van der Waals surface area contributed by atoms with E-state index in [0.29, 0.717) is 29.0 Å². The summed E-state index contributed by atoms with van der Waals surface area (Å²) in [4.78, 5) is 35.7. The zero-order chi connectivity index (χ0) is 20.6. The Morgan fingerprint density at radius 2 is 1.34 bits per heavy atom. The molecular weight excluding hydrogens is 366 g/mol. The van der Waals surface area contributed by atoms with E-state index in [4.69, 9.17) is 4.74 Å². The van der Waals surface area contributed by atoms with Crippen LogP contribution in [-0.2, 0) is 11.3 Å². The Hall–Kier alpha value is -3.73. The largest absolute Gasteiger partial charge is 0.485 e. The van der Waals surface area contributed by atoms with Gasteiger partial charge < -0.3 is 10.1 Å². The molecule has 0 saturated carbocycles. The fourth-order valence-corrected chi connectivity index (χ4v) is 2.73. The van der Waals surface area contributed by atoms with Crippen LogP contribution < -0.4 is 10.1 Å². The number of carbonyl (C=O) groups is 3. The molecule has 3 aromatic rings. The van der Waals surface area contributed by atoms with Crippen LogP contribution in [0.5, 0.6) is 5.75 Å². The number of ether oxygens (including phenoxy) is 1. The van der Waals surface area contributed by atoms with Gasteiger partial charge in [0.1, 0.15) is 5.75 Å². The Morgan fingerprint density at radius 3 is 1.97 bits per heavy atom. The molecule has 0 radical (unpaired) electrons. The van der Waals surface area contributed by atoms with Crippen LogP contribution in [0.1, 0.15) is 38.8 Å². The molecule has 3 rings (SSSR count). The molecule has 29 heavy (non-hydrogen) atoms. The number of carbonyl (C=O) groups excluding carboxylic acids is 3. The predicted molar refractivity (Wildman–Crippen MR) is 110 cm³/mol. The van der Waals surface area contributed by atoms with Gasteiger partial charge in [-0.3, -0.25) is 14.4 Å². The zero-order valence-corrected chi connectivity index (χ0v) is 16.1. The van der Waals surface area contributed by atoms with E-state index < -0.39 is 0 Å². The van der Waals surface area contributed by atoms with E-state index in [-0.39, 0.29) is 24.1 Å². The van der Waals surface area contributed by atoms with E-state index in [9.17, 15) is 14.4 Å². The fraction of sp³-hybridized carbons (Fsp3) is 0.125. The SMILES string of the molecule is CC(=O)NCc1ccc(C(=O)COc2ccc(C(=O)c3ccccc3)cc2)cc1. The number of nitrogens with one attached hydrogen (secondary N) is 1. The van der Waals surface area contributed by atoms with Crippen molar-refractivity contribution in [3.8, 4) is 5.75 Å². The van der Waals surface area contributed by atoms with E-state index in [1.807, 2.05) is 18.2 Å². The molecular formula is C24H21NO4. The molecule has 0 aromatic heterocycles. The van der Waals surface area contributed by atoms with Crippen LogP contribution in [0.2, 0.25) is 0 Å². The Balaban J connectivity index is 1.55. The van der Waals surface area contributed by atoms with Crippen LogP contribution >= 0.6 is 0 Å². The van der Waals surface area contributed by atoms with Crippen LogP contribution in [0.3, 0.4) is 0 Å². The molecule has 5 heteroatoms. The molecule has 0 atom stereocenters. The average molecular weight is 387 g/mol. The van der Waals surface area contributed by atoms with Crippen molar-refractivity contribution in [1.82, 2.24) is 5.32 Å². The lowest BCUT2D eigenvalue weighted by Crippen LogP contribution is -2.19. The van der Waals surface area contributed by atoms with Gasteiger partial charge in [0, 0.05) is 30.2 Å². The van der Waals surface area contributed by atoms with E-state index in [2.05, 4.69) is 5.32 Å². The Labute approximate surface area is 169 Å². The average Bonchev–Trinajstić information content (AvgIpc) is 2.77. The molecule has 0 fully saturated rings. The minimum absolute atomic E-state index is 0.0624. The highest BCUT2D eigenvalue weighted by Crippen LogP contribution is 2.16. The first-order chi connectivity index (χ1) is 14.0. The molecule has 0 unspecified atom stereocenters. The molecule has 3 aromatic carbocycles. The van der Waals surface area contributed by atoms with Crippen molar-refractivity contribution >= 4 is 17.5 Å². The topological polar surface area (TPSA) is 72.5 Å². The first-order valence-corrected chi connectivity index (χ1v) is 9.22. The third-order valence-corrected chi connectivity index (χ3v) is 4.34. The number of rotatable bonds is 8. The summed E-state index contributed by atoms with van der Waals surface area (Å²) >= 11 is 0.